The average Bonchev–Trinajstić information content (AvgIpc) is 0.839. The molecule has 802 valence electrons. The number of halogens is 7. The van der Waals surface area contributed by atoms with Gasteiger partial charge in [-0.1, -0.05) is 266 Å². The molecular formula is C117H141ClF6O21S3. The van der Waals surface area contributed by atoms with Gasteiger partial charge in [0.15, 0.2) is 0 Å². The van der Waals surface area contributed by atoms with Gasteiger partial charge in [-0.2, -0.15) is 33.7 Å². The molecule has 0 spiro atoms. The van der Waals surface area contributed by atoms with E-state index in [1.807, 2.05) is 233 Å². The predicted molar refractivity (Wildman–Crippen MR) is 570 cm³/mol. The molecule has 0 aliphatic heterocycles. The third-order valence-corrected chi connectivity index (χ3v) is 26.2. The van der Waals surface area contributed by atoms with Crippen LogP contribution in [-0.4, -0.2) is 142 Å². The maximum atomic E-state index is 13.7. The van der Waals surface area contributed by atoms with Crippen molar-refractivity contribution in [1.82, 2.24) is 0 Å². The number of carboxylic acids is 7. The largest absolute Gasteiger partial charge is 0.481 e. The van der Waals surface area contributed by atoms with Gasteiger partial charge in [0.2, 0.25) is 0 Å². The summed E-state index contributed by atoms with van der Waals surface area (Å²) < 4.78 is 76.7. The van der Waals surface area contributed by atoms with E-state index in [9.17, 15) is 104 Å². The Morgan fingerprint density at radius 1 is 0.345 bits per heavy atom. The normalized spacial score (nSPS) is 12.6. The van der Waals surface area contributed by atoms with Gasteiger partial charge < -0.3 is 35.7 Å². The zero-order valence-electron chi connectivity index (χ0n) is 86.5. The molecule has 7 N–H and O–H groups in total. The molecule has 21 nitrogen and oxygen atoms in total. The monoisotopic (exact) mass is 2130 g/mol. The molecule has 0 aliphatic rings. The number of carbonyl (C=O) groups is 14. The highest BCUT2D eigenvalue weighted by molar-refractivity contribution is 8.00. The highest BCUT2D eigenvalue weighted by Gasteiger charge is 2.33. The lowest BCUT2D eigenvalue weighted by Crippen LogP contribution is -2.25. The molecule has 9 rings (SSSR count). The van der Waals surface area contributed by atoms with Crippen molar-refractivity contribution in [2.24, 2.45) is 59.2 Å². The van der Waals surface area contributed by atoms with Crippen LogP contribution < -0.4 is 0 Å². The topological polar surface area (TPSA) is 381 Å². The lowest BCUT2D eigenvalue weighted by Gasteiger charge is -2.17. The summed E-state index contributed by atoms with van der Waals surface area (Å²) in [5, 5.41) is 61.9. The number of Topliss-reactive ketones (excluding diaryl/α,β-unsaturated/α-hetero) is 7. The maximum absolute atomic E-state index is 13.7. The molecule has 0 aromatic heterocycles. The fraction of sp³-hybridized carbons (Fsp3) is 0.419. The molecule has 0 saturated heterocycles. The molecule has 148 heavy (non-hydrogen) atoms. The summed E-state index contributed by atoms with van der Waals surface area (Å²) in [6.45, 7) is 21.7. The van der Waals surface area contributed by atoms with E-state index in [2.05, 4.69) is 0 Å². The van der Waals surface area contributed by atoms with E-state index < -0.39 is 106 Å². The summed E-state index contributed by atoms with van der Waals surface area (Å²) in [5.41, 5.74) is 10.3. The molecule has 9 aromatic carbocycles. The molecule has 9 aromatic rings. The van der Waals surface area contributed by atoms with Crippen molar-refractivity contribution in [3.8, 4) is 0 Å². The van der Waals surface area contributed by atoms with Gasteiger partial charge in [0.05, 0.1) is 47.0 Å². The van der Waals surface area contributed by atoms with Gasteiger partial charge in [-0.3, -0.25) is 67.1 Å². The Kier molecular flexibility index (Phi) is 60.2. The van der Waals surface area contributed by atoms with Gasteiger partial charge in [-0.25, -0.2) is 4.39 Å². The number of carbonyl (C=O) groups excluding carboxylic acids is 7. The van der Waals surface area contributed by atoms with Crippen molar-refractivity contribution in [2.75, 3.05) is 18.3 Å². The van der Waals surface area contributed by atoms with Gasteiger partial charge in [0.1, 0.15) is 46.3 Å². The van der Waals surface area contributed by atoms with E-state index in [-0.39, 0.29) is 135 Å². The van der Waals surface area contributed by atoms with Crippen molar-refractivity contribution >= 4 is 129 Å². The lowest BCUT2D eigenvalue weighted by atomic mass is 9.86. The quantitative estimate of drug-likeness (QED) is 0.0137. The van der Waals surface area contributed by atoms with E-state index >= 15 is 0 Å². The van der Waals surface area contributed by atoms with Crippen LogP contribution in [0.4, 0.5) is 26.3 Å². The summed E-state index contributed by atoms with van der Waals surface area (Å²) in [6, 6.07) is 63.1. The molecule has 31 heteroatoms. The van der Waals surface area contributed by atoms with E-state index in [0.717, 1.165) is 91.8 Å². The first-order valence-electron chi connectivity index (χ1n) is 48.9. The summed E-state index contributed by atoms with van der Waals surface area (Å²) in [7, 11) is 0. The van der Waals surface area contributed by atoms with E-state index in [4.69, 9.17) is 37.1 Å². The van der Waals surface area contributed by atoms with E-state index in [0.29, 0.717) is 96.2 Å². The zero-order chi connectivity index (χ0) is 111. The zero-order valence-corrected chi connectivity index (χ0v) is 89.7. The number of aliphatic carboxylic acids is 7. The van der Waals surface area contributed by atoms with Crippen molar-refractivity contribution < 1.29 is 129 Å². The van der Waals surface area contributed by atoms with E-state index in [1.165, 1.54) is 18.2 Å². The van der Waals surface area contributed by atoms with Crippen molar-refractivity contribution in [2.45, 2.75) is 246 Å². The van der Waals surface area contributed by atoms with Crippen molar-refractivity contribution in [3.05, 3.63) is 307 Å². The molecule has 0 radical (unpaired) electrons. The number of thioether (sulfide) groups is 3. The Bertz CT molecular complexity index is 5680. The predicted octanol–water partition coefficient (Wildman–Crippen LogP) is 25.9. The van der Waals surface area contributed by atoms with Crippen LogP contribution >= 0.6 is 46.9 Å². The second-order valence-electron chi connectivity index (χ2n) is 37.9. The lowest BCUT2D eigenvalue weighted by molar-refractivity contribution is -0.146. The highest BCUT2D eigenvalue weighted by Crippen LogP contribution is 2.36. The van der Waals surface area contributed by atoms with Crippen molar-refractivity contribution in [3.63, 3.8) is 0 Å². The molecule has 8 unspecified atom stereocenters. The molecular weight excluding hydrogens is 1990 g/mol. The number of carboxylic acid groups (broad SMARTS) is 7. The van der Waals surface area contributed by atoms with Crippen molar-refractivity contribution in [1.29, 1.82) is 0 Å². The Morgan fingerprint density at radius 3 is 0.973 bits per heavy atom. The molecule has 0 saturated carbocycles. The number of benzene rings is 9. The minimum absolute atomic E-state index is 0.000275. The smallest absolute Gasteiger partial charge is 0.416 e. The number of alkyl halides is 5. The SMILES string of the molecule is CC(C)CC(CC(=O)Cc1ccc(C(F)(F)F)cc1)C(=O)O.CC(C)CC(CC(=O)Cc1ccc(SC(C)(F)F)cc1)C(=O)O.CCC(C)C(CC(=O)Cc1ccc(C)cc1F)C(=O)O.CCCC(CC(=O)Cc1ccc(C)cc1)C(=O)O.CSCCC(CC(=O)Cc1ccc(C)cc1)C(=O)O.CSc1ccc(CC(=O)CC(Cc2ccccc2)C(=O)O)cc1.Cc1ccc(CC(=O)CC(Cc2ccccc2)C(=O)O)c(Cl)c1. The minimum atomic E-state index is -4.41. The number of hydrogen-bond acceptors (Lipinski definition) is 17. The van der Waals surface area contributed by atoms with Gasteiger partial charge >= 0.3 is 48.0 Å². The van der Waals surface area contributed by atoms with Gasteiger partial charge in [0, 0.05) is 112 Å². The maximum Gasteiger partial charge on any atom is 0.416 e. The van der Waals surface area contributed by atoms with Crippen LogP contribution in [0, 0.1) is 92.7 Å². The molecule has 0 heterocycles. The third kappa shape index (κ3) is 55.8. The Labute approximate surface area is 882 Å². The number of hydrogen-bond donors (Lipinski definition) is 7. The summed E-state index contributed by atoms with van der Waals surface area (Å²) in [5.74, 6) is -11.3. The first-order chi connectivity index (χ1) is 69.6. The van der Waals surface area contributed by atoms with E-state index in [1.54, 1.807) is 66.8 Å². The van der Waals surface area contributed by atoms with Gasteiger partial charge in [0.25, 0.3) is 5.25 Å². The van der Waals surface area contributed by atoms with Crippen LogP contribution in [0.5, 0.6) is 0 Å². The minimum Gasteiger partial charge on any atom is -0.481 e. The van der Waals surface area contributed by atoms with Crippen LogP contribution in [0.15, 0.2) is 228 Å². The third-order valence-electron chi connectivity index (χ3n) is 23.6. The second kappa shape index (κ2) is 68.5. The first-order valence-corrected chi connectivity index (χ1v) is 52.7. The van der Waals surface area contributed by atoms with Crippen LogP contribution in [0.2, 0.25) is 5.02 Å². The fourth-order valence-electron chi connectivity index (χ4n) is 15.4. The summed E-state index contributed by atoms with van der Waals surface area (Å²) in [4.78, 5) is 164. The first kappa shape index (κ1) is 130. The molecule has 8 atom stereocenters. The van der Waals surface area contributed by atoms with Gasteiger partial charge in [-0.15, -0.1) is 11.8 Å². The Balaban J connectivity index is 0.000000444. The van der Waals surface area contributed by atoms with Crippen LogP contribution in [0.3, 0.4) is 0 Å². The number of aryl methyl sites for hydroxylation is 4. The molecule has 0 amide bonds. The standard InChI is InChI=1S/C19H19ClO3.C19H20O3S.C17H22F2O3S.C16H19F3O3.C16H21FO3.C15H20O3S.C15H20O3/c1-13-7-8-15(18(20)9-13)11-17(21)12-16(19(22)23)10-14-5-3-2-4-6-14;1-23-18-9-7-15(8-10-18)12-17(20)13-16(19(21)22)11-14-5-3-2-4-6-14;1-11(2)8-13(16(21)22)10-14(20)9-12-4-6-15(7-5-12)23-17(3,18)19;1-10(2)7-12(15(21)22)9-14(20)8-11-3-5-13(6-4-11)16(17,18)19;1-4-11(3)14(16(19)20)9-13(18)8-12-6-5-10(2)7-15(12)17;1-11-3-5-12(6-4-11)9-14(16)10-13(15(17)18)7-8-19-2;1-3-4-13(15(17)18)10-14(16)9-12-7-5-11(2)6-8-12/h2-9,16H,10-12H2,1H3,(H,22,23);2-10,16H,11-13H2,1H3,(H,21,22);4-7,11,13H,8-10H2,1-3H3,(H,21,22);3-6,10,12H,7-9H2,1-2H3,(H,21,22);5-7,11,14H,4,8-9H2,1-3H3,(H,19,20);3-6,13H,7-10H2,1-2H3,(H,17,18);5-8,13H,3-4,9-10H2,1-2H3,(H,17,18). The highest BCUT2D eigenvalue weighted by atomic mass is 35.5. The second-order valence-corrected chi connectivity index (χ2v) is 41.6. The van der Waals surface area contributed by atoms with Crippen LogP contribution in [0.25, 0.3) is 0 Å². The summed E-state index contributed by atoms with van der Waals surface area (Å²) >= 11 is 9.84. The Morgan fingerprint density at radius 2 is 0.655 bits per heavy atom. The van der Waals surface area contributed by atoms with Gasteiger partial charge in [-0.05, 0) is 212 Å². The Hall–Kier alpha value is -12.1. The fourth-order valence-corrected chi connectivity index (χ4v) is 17.3. The van der Waals surface area contributed by atoms with Crippen LogP contribution in [0.1, 0.15) is 217 Å². The number of ketones is 7. The van der Waals surface area contributed by atoms with Crippen LogP contribution in [-0.2, 0) is 131 Å². The number of rotatable bonds is 53. The summed E-state index contributed by atoms with van der Waals surface area (Å²) in [6.07, 6.45) is 5.02. The average molecular weight is 2130 g/mol. The molecule has 0 bridgehead atoms. The molecule has 0 aliphatic carbocycles. The molecule has 0 fully saturated rings.